The number of hydrogen-bond donors (Lipinski definition) is 2. The van der Waals surface area contributed by atoms with Gasteiger partial charge in [0, 0.05) is 19.3 Å². The Labute approximate surface area is 125 Å². The van der Waals surface area contributed by atoms with E-state index in [4.69, 9.17) is 0 Å². The van der Waals surface area contributed by atoms with Gasteiger partial charge in [-0.05, 0) is 61.0 Å². The molecule has 1 saturated heterocycles. The molecule has 0 spiro atoms. The quantitative estimate of drug-likeness (QED) is 0.876. The number of thioether (sulfide) groups is 1. The Morgan fingerprint density at radius 1 is 1.30 bits per heavy atom. The smallest absolute Gasteiger partial charge is 0.241 e. The summed E-state index contributed by atoms with van der Waals surface area (Å²) in [6, 6.07) is 3.74. The minimum atomic E-state index is -3.42. The molecule has 0 saturated carbocycles. The zero-order chi connectivity index (χ0) is 14.8. The maximum absolute atomic E-state index is 12.5. The third-order valence-corrected chi connectivity index (χ3v) is 6.56. The molecule has 1 fully saturated rings. The molecule has 0 amide bonds. The monoisotopic (exact) mass is 314 g/mol. The normalized spacial score (nSPS) is 19.2. The van der Waals surface area contributed by atoms with Crippen LogP contribution in [0.5, 0.6) is 0 Å². The van der Waals surface area contributed by atoms with E-state index in [1.807, 2.05) is 44.8 Å². The number of hydrogen-bond acceptors (Lipinski definition) is 4. The van der Waals surface area contributed by atoms with Gasteiger partial charge in [0.2, 0.25) is 10.0 Å². The Kier molecular flexibility index (Phi) is 4.99. The summed E-state index contributed by atoms with van der Waals surface area (Å²) < 4.78 is 27.8. The average molecular weight is 314 g/mol. The molecular weight excluding hydrogens is 292 g/mol. The molecule has 1 aromatic rings. The zero-order valence-corrected chi connectivity index (χ0v) is 13.8. The van der Waals surface area contributed by atoms with Gasteiger partial charge in [0.05, 0.1) is 4.90 Å². The van der Waals surface area contributed by atoms with Gasteiger partial charge in [-0.1, -0.05) is 0 Å². The van der Waals surface area contributed by atoms with Gasteiger partial charge in [-0.15, -0.1) is 0 Å². The van der Waals surface area contributed by atoms with Crippen LogP contribution in [0.25, 0.3) is 0 Å². The topological polar surface area (TPSA) is 58.2 Å². The summed E-state index contributed by atoms with van der Waals surface area (Å²) in [5.41, 5.74) is 2.50. The van der Waals surface area contributed by atoms with E-state index < -0.39 is 10.0 Å². The number of anilines is 1. The van der Waals surface area contributed by atoms with Crippen LogP contribution < -0.4 is 10.0 Å². The summed E-state index contributed by atoms with van der Waals surface area (Å²) in [5, 5.41) is 3.05. The second kappa shape index (κ2) is 6.37. The van der Waals surface area contributed by atoms with Crippen LogP contribution in [0.15, 0.2) is 17.0 Å². The summed E-state index contributed by atoms with van der Waals surface area (Å²) in [7, 11) is -1.59. The first-order valence-electron chi connectivity index (χ1n) is 6.80. The first kappa shape index (κ1) is 15.7. The zero-order valence-electron chi connectivity index (χ0n) is 12.2. The fourth-order valence-corrected chi connectivity index (χ4v) is 5.41. The minimum absolute atomic E-state index is 0.419. The van der Waals surface area contributed by atoms with Gasteiger partial charge < -0.3 is 5.32 Å². The van der Waals surface area contributed by atoms with Crippen LogP contribution in [-0.2, 0) is 10.0 Å². The molecular formula is C14H22N2O2S2. The second-order valence-corrected chi connectivity index (χ2v) is 8.12. The van der Waals surface area contributed by atoms with Crippen LogP contribution in [0.2, 0.25) is 0 Å². The lowest BCUT2D eigenvalue weighted by Crippen LogP contribution is -2.30. The second-order valence-electron chi connectivity index (χ2n) is 5.27. The molecule has 1 aliphatic heterocycles. The van der Waals surface area contributed by atoms with Gasteiger partial charge in [0.15, 0.2) is 0 Å². The fraction of sp³-hybridized carbons (Fsp3) is 0.571. The van der Waals surface area contributed by atoms with Crippen molar-refractivity contribution in [3.63, 3.8) is 0 Å². The van der Waals surface area contributed by atoms with Crippen LogP contribution in [0.1, 0.15) is 17.5 Å². The first-order valence-corrected chi connectivity index (χ1v) is 9.44. The summed E-state index contributed by atoms with van der Waals surface area (Å²) >= 11 is 1.90. The molecule has 2 rings (SSSR count). The van der Waals surface area contributed by atoms with Gasteiger partial charge in [-0.2, -0.15) is 11.8 Å². The summed E-state index contributed by atoms with van der Waals surface area (Å²) in [4.78, 5) is 0.419. The van der Waals surface area contributed by atoms with Crippen molar-refractivity contribution in [1.29, 1.82) is 0 Å². The van der Waals surface area contributed by atoms with Crippen LogP contribution in [0, 0.1) is 19.8 Å². The molecule has 20 heavy (non-hydrogen) atoms. The van der Waals surface area contributed by atoms with E-state index >= 15 is 0 Å². The highest BCUT2D eigenvalue weighted by molar-refractivity contribution is 7.99. The highest BCUT2D eigenvalue weighted by atomic mass is 32.2. The third-order valence-electron chi connectivity index (χ3n) is 3.60. The number of rotatable bonds is 5. The lowest BCUT2D eigenvalue weighted by atomic mass is 10.1. The van der Waals surface area contributed by atoms with Crippen molar-refractivity contribution >= 4 is 27.5 Å². The predicted molar refractivity (Wildman–Crippen MR) is 86.1 cm³/mol. The predicted octanol–water partition coefficient (Wildman–Crippen LogP) is 2.38. The molecule has 1 aliphatic rings. The maximum Gasteiger partial charge on any atom is 0.241 e. The van der Waals surface area contributed by atoms with Gasteiger partial charge >= 0.3 is 0 Å². The van der Waals surface area contributed by atoms with Gasteiger partial charge in [0.25, 0.3) is 0 Å². The van der Waals surface area contributed by atoms with E-state index in [1.54, 1.807) is 0 Å². The number of benzene rings is 1. The fourth-order valence-electron chi connectivity index (χ4n) is 2.56. The molecule has 4 nitrogen and oxygen atoms in total. The van der Waals surface area contributed by atoms with Crippen molar-refractivity contribution in [3.8, 4) is 0 Å². The molecule has 0 bridgehead atoms. The van der Waals surface area contributed by atoms with E-state index in [1.165, 1.54) is 0 Å². The molecule has 0 aromatic heterocycles. The Morgan fingerprint density at radius 2 is 1.95 bits per heavy atom. The molecule has 1 unspecified atom stereocenters. The lowest BCUT2D eigenvalue weighted by Gasteiger charge is -2.15. The van der Waals surface area contributed by atoms with E-state index in [-0.39, 0.29) is 0 Å². The highest BCUT2D eigenvalue weighted by Gasteiger charge is 2.23. The van der Waals surface area contributed by atoms with Crippen molar-refractivity contribution < 1.29 is 8.42 Å². The average Bonchev–Trinajstić information content (AvgIpc) is 2.88. The molecule has 1 heterocycles. The van der Waals surface area contributed by atoms with E-state index in [2.05, 4.69) is 10.0 Å². The number of sulfonamides is 1. The summed E-state index contributed by atoms with van der Waals surface area (Å²) in [6.45, 7) is 4.23. The maximum atomic E-state index is 12.5. The van der Waals surface area contributed by atoms with Crippen LogP contribution >= 0.6 is 11.8 Å². The van der Waals surface area contributed by atoms with E-state index in [9.17, 15) is 8.42 Å². The van der Waals surface area contributed by atoms with Crippen molar-refractivity contribution in [2.24, 2.45) is 5.92 Å². The highest BCUT2D eigenvalue weighted by Crippen LogP contribution is 2.26. The molecule has 1 atom stereocenters. The lowest BCUT2D eigenvalue weighted by molar-refractivity contribution is 0.545. The third kappa shape index (κ3) is 3.48. The van der Waals surface area contributed by atoms with Crippen molar-refractivity contribution in [3.05, 3.63) is 23.3 Å². The molecule has 6 heteroatoms. The Bertz CT molecular complexity index is 556. The first-order chi connectivity index (χ1) is 9.44. The van der Waals surface area contributed by atoms with Crippen molar-refractivity contribution in [2.45, 2.75) is 25.2 Å². The summed E-state index contributed by atoms with van der Waals surface area (Å²) in [5.74, 6) is 2.66. The Hall–Kier alpha value is -0.720. The van der Waals surface area contributed by atoms with Gasteiger partial charge in [-0.25, -0.2) is 13.1 Å². The number of nitrogens with one attached hydrogen (secondary N) is 2. The largest absolute Gasteiger partial charge is 0.388 e. The Balaban J connectivity index is 2.20. The standard InChI is InChI=1S/C14H22N2O2S2/c1-10-6-13(15-3)7-11(2)14(10)20(17,18)16-8-12-4-5-19-9-12/h6-7,12,15-16H,4-5,8-9H2,1-3H3. The molecule has 2 N–H and O–H groups in total. The van der Waals surface area contributed by atoms with Gasteiger partial charge in [0.1, 0.15) is 0 Å². The molecule has 112 valence electrons. The molecule has 0 aliphatic carbocycles. The summed E-state index contributed by atoms with van der Waals surface area (Å²) in [6.07, 6.45) is 1.10. The Morgan fingerprint density at radius 3 is 2.45 bits per heavy atom. The van der Waals surface area contributed by atoms with Crippen molar-refractivity contribution in [1.82, 2.24) is 4.72 Å². The molecule has 1 aromatic carbocycles. The minimum Gasteiger partial charge on any atom is -0.388 e. The molecule has 0 radical (unpaired) electrons. The van der Waals surface area contributed by atoms with E-state index in [0.717, 1.165) is 34.7 Å². The van der Waals surface area contributed by atoms with Crippen LogP contribution in [0.3, 0.4) is 0 Å². The number of aryl methyl sites for hydroxylation is 2. The SMILES string of the molecule is CNc1cc(C)c(S(=O)(=O)NCC2CCSC2)c(C)c1. The van der Waals surface area contributed by atoms with E-state index in [0.29, 0.717) is 17.4 Å². The van der Waals surface area contributed by atoms with Gasteiger partial charge in [-0.3, -0.25) is 0 Å². The van der Waals surface area contributed by atoms with Crippen LogP contribution in [-0.4, -0.2) is 33.5 Å². The van der Waals surface area contributed by atoms with Crippen LogP contribution in [0.4, 0.5) is 5.69 Å². The van der Waals surface area contributed by atoms with Crippen molar-refractivity contribution in [2.75, 3.05) is 30.4 Å².